The normalized spacial score (nSPS) is 17.1. The Labute approximate surface area is 668 Å². The molecule has 9 aromatic rings. The monoisotopic (exact) mass is 1640 g/mol. The molecular formula is C85H76ClF12N13O6. The number of alkyl halides is 12. The molecule has 4 aromatic heterocycles. The van der Waals surface area contributed by atoms with Crippen LogP contribution in [0.25, 0.3) is 24.3 Å². The highest BCUT2D eigenvalue weighted by molar-refractivity contribution is 6.31. The van der Waals surface area contributed by atoms with Gasteiger partial charge in [0, 0.05) is 131 Å². The van der Waals surface area contributed by atoms with Gasteiger partial charge in [-0.3, -0.25) is 38.8 Å². The van der Waals surface area contributed by atoms with Gasteiger partial charge in [0.2, 0.25) is 0 Å². The number of hydrogen-bond donors (Lipinski definition) is 7. The Hall–Kier alpha value is -12.5. The van der Waals surface area contributed by atoms with Crippen LogP contribution in [0.1, 0.15) is 112 Å². The summed E-state index contributed by atoms with van der Waals surface area (Å²) in [5, 5.41) is 8.95. The molecule has 0 aliphatic carbocycles. The number of anilines is 9. The van der Waals surface area contributed by atoms with E-state index in [0.29, 0.717) is 142 Å². The lowest BCUT2D eigenvalue weighted by molar-refractivity contribution is -0.138. The van der Waals surface area contributed by atoms with Crippen molar-refractivity contribution in [1.29, 1.82) is 0 Å². The number of likely N-dealkylation sites (N-methyl/N-ethyl adjacent to an activating group) is 1. The molecule has 7 aliphatic rings. The molecule has 5 aromatic carbocycles. The smallest absolute Gasteiger partial charge is 0.376 e. The second-order valence-corrected chi connectivity index (χ2v) is 28.5. The number of nitrogens with zero attached hydrogens (tertiary/aromatic N) is 6. The average Bonchev–Trinajstić information content (AvgIpc) is 1.66. The van der Waals surface area contributed by atoms with Crippen molar-refractivity contribution < 1.29 is 81.3 Å². The van der Waals surface area contributed by atoms with Crippen molar-refractivity contribution >= 4 is 111 Å². The van der Waals surface area contributed by atoms with Crippen molar-refractivity contribution in [3.05, 3.63) is 291 Å². The molecule has 7 N–H and O–H groups in total. The standard InChI is InChI=1S/C22H15ClF3N3O.C21H21F3N4O.2C21H20F3N3O2/c1-13-5-6-14-11-19(21(30)27-17-4-2-3-16(23)12-17)28-20(14)29(13)18-9-7-15(8-10-18)22(24,25)26;1-14-3-4-15-13-18(20(29)27-11-9-26(2)10-12-27)25-19(15)28(14)17-7-5-16(6-8-17)21(22,23)24;2*1-13-4-5-14-11-18(20(28)25-12-17-3-2-10-29-17)26-19(14)27(13)16-8-6-15(7-9-16)21(22,23)24/h2-12,28H,1H2,(H,27,30);3-8,13,25H,1,9-12H2,2H3;2*4-9,11,17,26H,1-3,10,12H2,(H,25,28). The quantitative estimate of drug-likeness (QED) is 0.0541. The lowest BCUT2D eigenvalue weighted by Gasteiger charge is -2.32. The van der Waals surface area contributed by atoms with Crippen molar-refractivity contribution in [3.8, 4) is 0 Å². The minimum absolute atomic E-state index is 0.0341. The predicted octanol–water partition coefficient (Wildman–Crippen LogP) is 20.0. The van der Waals surface area contributed by atoms with E-state index in [0.717, 1.165) is 104 Å². The Bertz CT molecular complexity index is 5200. The van der Waals surface area contributed by atoms with Crippen LogP contribution in [0.3, 0.4) is 0 Å². The third kappa shape index (κ3) is 19.2. The maximum Gasteiger partial charge on any atom is 0.416 e. The van der Waals surface area contributed by atoms with Gasteiger partial charge in [-0.05, 0) is 221 Å². The molecule has 11 heterocycles. The maximum atomic E-state index is 12.9. The molecule has 0 saturated carbocycles. The number of benzene rings is 5. The Kier molecular flexibility index (Phi) is 24.1. The van der Waals surface area contributed by atoms with E-state index < -0.39 is 47.0 Å². The first kappa shape index (κ1) is 82.5. The number of nitrogens with one attached hydrogen (secondary N) is 7. The molecule has 2 atom stereocenters. The highest BCUT2D eigenvalue weighted by atomic mass is 35.5. The average molecular weight is 1640 g/mol. The van der Waals surface area contributed by atoms with E-state index in [1.807, 2.05) is 25.3 Å². The van der Waals surface area contributed by atoms with E-state index in [1.165, 1.54) is 48.5 Å². The van der Waals surface area contributed by atoms with Gasteiger partial charge in [-0.25, -0.2) is 0 Å². The Balaban J connectivity index is 0.000000135. The molecule has 608 valence electrons. The molecule has 0 bridgehead atoms. The van der Waals surface area contributed by atoms with E-state index in [-0.39, 0.29) is 41.5 Å². The van der Waals surface area contributed by atoms with E-state index >= 15 is 0 Å². The fourth-order valence-corrected chi connectivity index (χ4v) is 13.9. The summed E-state index contributed by atoms with van der Waals surface area (Å²) in [6, 6.07) is 32.9. The molecule has 3 fully saturated rings. The van der Waals surface area contributed by atoms with Gasteiger partial charge >= 0.3 is 24.7 Å². The van der Waals surface area contributed by atoms with Crippen LogP contribution in [0.2, 0.25) is 5.02 Å². The maximum absolute atomic E-state index is 12.9. The van der Waals surface area contributed by atoms with Crippen LogP contribution < -0.4 is 35.6 Å². The van der Waals surface area contributed by atoms with Crippen molar-refractivity contribution in [2.45, 2.75) is 62.6 Å². The minimum atomic E-state index is -4.42. The molecule has 117 heavy (non-hydrogen) atoms. The van der Waals surface area contributed by atoms with E-state index in [1.54, 1.807) is 103 Å². The first-order valence-corrected chi connectivity index (χ1v) is 37.1. The molecule has 0 spiro atoms. The summed E-state index contributed by atoms with van der Waals surface area (Å²) in [7, 11) is 2.02. The Morgan fingerprint density at radius 2 is 0.726 bits per heavy atom. The van der Waals surface area contributed by atoms with E-state index in [2.05, 4.69) is 67.1 Å². The largest absolute Gasteiger partial charge is 0.416 e. The molecule has 3 saturated heterocycles. The van der Waals surface area contributed by atoms with Crippen molar-refractivity contribution in [1.82, 2.24) is 40.4 Å². The van der Waals surface area contributed by atoms with Gasteiger partial charge < -0.3 is 55.2 Å². The number of carbonyl (C=O) groups is 4. The fourth-order valence-electron chi connectivity index (χ4n) is 13.7. The Morgan fingerprint density at radius 1 is 0.419 bits per heavy atom. The lowest BCUT2D eigenvalue weighted by Crippen LogP contribution is -2.47. The predicted molar refractivity (Wildman–Crippen MR) is 426 cm³/mol. The van der Waals surface area contributed by atoms with Crippen LogP contribution in [0, 0.1) is 0 Å². The molecule has 19 nitrogen and oxygen atoms in total. The number of amides is 4. The van der Waals surface area contributed by atoms with Crippen LogP contribution in [-0.4, -0.2) is 125 Å². The number of aromatic nitrogens is 4. The van der Waals surface area contributed by atoms with Crippen molar-refractivity contribution in [3.63, 3.8) is 0 Å². The minimum Gasteiger partial charge on any atom is -0.376 e. The number of piperazine rings is 1. The second-order valence-electron chi connectivity index (χ2n) is 28.0. The summed E-state index contributed by atoms with van der Waals surface area (Å²) in [5.41, 5.74) is 6.46. The number of aromatic amines is 4. The molecule has 32 heteroatoms. The van der Waals surface area contributed by atoms with Crippen LogP contribution in [-0.2, 0) is 34.2 Å². The van der Waals surface area contributed by atoms with Gasteiger partial charge in [0.1, 0.15) is 46.0 Å². The zero-order valence-electron chi connectivity index (χ0n) is 62.5. The second kappa shape index (κ2) is 34.2. The summed E-state index contributed by atoms with van der Waals surface area (Å²) in [4.78, 5) is 73.6. The number of hydrogen-bond acceptors (Lipinski definition) is 11. The first-order valence-electron chi connectivity index (χ1n) is 36.8. The van der Waals surface area contributed by atoms with Gasteiger partial charge in [-0.1, -0.05) is 44.0 Å². The summed E-state index contributed by atoms with van der Waals surface area (Å²) in [5.74, 6) is 1.34. The number of carbonyl (C=O) groups excluding carboxylic acids is 4. The third-order valence-corrected chi connectivity index (χ3v) is 20.1. The highest BCUT2D eigenvalue weighted by Gasteiger charge is 2.37. The Morgan fingerprint density at radius 3 is 1.03 bits per heavy atom. The van der Waals surface area contributed by atoms with E-state index in [4.69, 9.17) is 21.1 Å². The molecular weight excluding hydrogens is 1560 g/mol. The number of fused-ring (bicyclic) bond motifs is 4. The number of ether oxygens (including phenoxy) is 2. The van der Waals surface area contributed by atoms with Crippen molar-refractivity contribution in [2.75, 3.05) is 84.4 Å². The van der Waals surface area contributed by atoms with Gasteiger partial charge in [0.05, 0.1) is 34.5 Å². The summed E-state index contributed by atoms with van der Waals surface area (Å²) in [6.45, 7) is 21.1. The SMILES string of the molecule is C=C1C=Cc2cc(C(=O)N3CCN(C)CC3)[nH]c2N1c1ccc(C(F)(F)F)cc1.C=C1C=Cc2cc(C(=O)NCC3CCCO3)[nH]c2N1c1ccc(C(F)(F)F)cc1.C=C1C=Cc2cc(C(=O)NCC3CCCO3)[nH]c2N1c1ccc(C(F)(F)F)cc1.C=C1C=Cc2cc(C(=O)Nc3cccc(Cl)c3)[nH]c2N1c1ccc(C(F)(F)F)cc1. The van der Waals surface area contributed by atoms with Crippen LogP contribution in [0.15, 0.2) is 219 Å². The van der Waals surface area contributed by atoms with Gasteiger partial charge in [0.15, 0.2) is 0 Å². The van der Waals surface area contributed by atoms with Gasteiger partial charge in [-0.2, -0.15) is 52.7 Å². The van der Waals surface area contributed by atoms with Gasteiger partial charge in [0.25, 0.3) is 23.6 Å². The molecule has 7 aliphatic heterocycles. The van der Waals surface area contributed by atoms with Crippen molar-refractivity contribution in [2.24, 2.45) is 0 Å². The zero-order chi connectivity index (χ0) is 83.4. The summed E-state index contributed by atoms with van der Waals surface area (Å²) >= 11 is 5.94. The number of H-pyrrole nitrogens is 4. The molecule has 2 unspecified atom stereocenters. The van der Waals surface area contributed by atoms with Crippen LogP contribution in [0.4, 0.5) is 104 Å². The molecule has 16 rings (SSSR count). The van der Waals surface area contributed by atoms with Crippen LogP contribution in [0.5, 0.6) is 0 Å². The van der Waals surface area contributed by atoms with Crippen LogP contribution >= 0.6 is 11.6 Å². The fraction of sp³-hybridized carbons (Fsp3) is 0.224. The molecule has 0 radical (unpaired) electrons. The summed E-state index contributed by atoms with van der Waals surface area (Å²) in [6.07, 6.45) is 0.547. The first-order chi connectivity index (χ1) is 55.6. The number of allylic oxidation sites excluding steroid dienone is 4. The number of halogens is 13. The molecule has 4 amide bonds. The summed E-state index contributed by atoms with van der Waals surface area (Å²) < 4.78 is 165. The van der Waals surface area contributed by atoms with Gasteiger partial charge in [-0.15, -0.1) is 0 Å². The topological polar surface area (TPSA) is 205 Å². The number of rotatable bonds is 13. The highest BCUT2D eigenvalue weighted by Crippen LogP contribution is 2.44. The third-order valence-electron chi connectivity index (χ3n) is 19.8. The van der Waals surface area contributed by atoms with E-state index in [9.17, 15) is 71.9 Å². The zero-order valence-corrected chi connectivity index (χ0v) is 63.2. The lowest BCUT2D eigenvalue weighted by atomic mass is 10.1.